The van der Waals surface area contributed by atoms with Gasteiger partial charge < -0.3 is 9.88 Å². The summed E-state index contributed by atoms with van der Waals surface area (Å²) in [5.74, 6) is 0.206. The third-order valence-electron chi connectivity index (χ3n) is 7.53. The fourth-order valence-corrected chi connectivity index (χ4v) is 6.04. The zero-order chi connectivity index (χ0) is 26.6. The normalized spacial score (nSPS) is 17.5. The number of nitrogens with one attached hydrogen (secondary N) is 1. The van der Waals surface area contributed by atoms with Crippen LogP contribution >= 0.6 is 0 Å². The van der Waals surface area contributed by atoms with Crippen LogP contribution in [0.2, 0.25) is 0 Å². The second kappa shape index (κ2) is 9.36. The molecule has 0 radical (unpaired) electrons. The Morgan fingerprint density at radius 1 is 1.19 bits per heavy atom. The molecule has 0 amide bonds. The summed E-state index contributed by atoms with van der Waals surface area (Å²) < 4.78 is 41.2. The lowest BCUT2D eigenvalue weighted by molar-refractivity contribution is 0.239. The SMILES string of the molecule is Cc1c(-c2[nH]c3cnc(N4CCN(CCS(C)(=O)=O)C[C@H]4C)c(F)c3c2C(C)C)cn2ncnc2c1C. The molecule has 198 valence electrons. The number of piperazine rings is 1. The van der Waals surface area contributed by atoms with Crippen molar-refractivity contribution in [3.63, 3.8) is 0 Å². The summed E-state index contributed by atoms with van der Waals surface area (Å²) in [6, 6.07) is -0.00621. The summed E-state index contributed by atoms with van der Waals surface area (Å²) in [7, 11) is -3.03. The van der Waals surface area contributed by atoms with Gasteiger partial charge >= 0.3 is 0 Å². The molecule has 0 saturated carbocycles. The molecule has 1 atom stereocenters. The third-order valence-corrected chi connectivity index (χ3v) is 8.46. The number of hydrogen-bond donors (Lipinski definition) is 1. The maximum absolute atomic E-state index is 16.3. The van der Waals surface area contributed by atoms with Crippen LogP contribution in [0, 0.1) is 19.7 Å². The number of pyridine rings is 2. The number of anilines is 1. The lowest BCUT2D eigenvalue weighted by Crippen LogP contribution is -2.53. The van der Waals surface area contributed by atoms with Crippen molar-refractivity contribution in [3.05, 3.63) is 41.2 Å². The summed E-state index contributed by atoms with van der Waals surface area (Å²) in [5, 5.41) is 4.90. The van der Waals surface area contributed by atoms with Gasteiger partial charge in [0.05, 0.1) is 23.2 Å². The van der Waals surface area contributed by atoms with E-state index in [1.807, 2.05) is 24.9 Å². The Kier molecular flexibility index (Phi) is 6.47. The topological polar surface area (TPSA) is 99.5 Å². The van der Waals surface area contributed by atoms with Crippen LogP contribution in [-0.2, 0) is 9.84 Å². The minimum Gasteiger partial charge on any atom is -0.353 e. The zero-order valence-electron chi connectivity index (χ0n) is 22.2. The quantitative estimate of drug-likeness (QED) is 0.408. The van der Waals surface area contributed by atoms with Crippen LogP contribution in [0.15, 0.2) is 18.7 Å². The molecule has 4 aromatic heterocycles. The number of H-pyrrole nitrogens is 1. The first-order valence-electron chi connectivity index (χ1n) is 12.6. The Balaban J connectivity index is 1.56. The monoisotopic (exact) mass is 527 g/mol. The molecule has 5 rings (SSSR count). The van der Waals surface area contributed by atoms with Crippen molar-refractivity contribution in [2.45, 2.75) is 46.6 Å². The number of nitrogens with zero attached hydrogens (tertiary/aromatic N) is 6. The second-order valence-electron chi connectivity index (χ2n) is 10.5. The molecule has 0 unspecified atom stereocenters. The molecule has 1 aliphatic heterocycles. The molecule has 4 aromatic rings. The van der Waals surface area contributed by atoms with Crippen LogP contribution in [0.25, 0.3) is 27.8 Å². The highest BCUT2D eigenvalue weighted by molar-refractivity contribution is 7.90. The molecule has 1 aliphatic rings. The van der Waals surface area contributed by atoms with Crippen LogP contribution in [0.1, 0.15) is 43.4 Å². The molecular weight excluding hydrogens is 493 g/mol. The van der Waals surface area contributed by atoms with Gasteiger partial charge in [-0.2, -0.15) is 5.10 Å². The first-order valence-corrected chi connectivity index (χ1v) is 14.7. The largest absolute Gasteiger partial charge is 0.353 e. The van der Waals surface area contributed by atoms with Crippen molar-refractivity contribution >= 4 is 32.2 Å². The zero-order valence-corrected chi connectivity index (χ0v) is 23.0. The summed E-state index contributed by atoms with van der Waals surface area (Å²) in [5.41, 5.74) is 6.33. The third kappa shape index (κ3) is 4.59. The second-order valence-corrected chi connectivity index (χ2v) is 12.8. The highest BCUT2D eigenvalue weighted by atomic mass is 32.2. The average Bonchev–Trinajstić information content (AvgIpc) is 3.45. The van der Waals surface area contributed by atoms with Gasteiger partial charge in [0.15, 0.2) is 17.3 Å². The molecule has 0 aliphatic carbocycles. The Morgan fingerprint density at radius 3 is 2.62 bits per heavy atom. The molecule has 5 heterocycles. The molecule has 1 saturated heterocycles. The van der Waals surface area contributed by atoms with E-state index >= 15 is 4.39 Å². The number of aromatic nitrogens is 5. The average molecular weight is 528 g/mol. The van der Waals surface area contributed by atoms with Gasteiger partial charge in [-0.3, -0.25) is 4.90 Å². The summed E-state index contributed by atoms with van der Waals surface area (Å²) >= 11 is 0. The maximum atomic E-state index is 16.3. The summed E-state index contributed by atoms with van der Waals surface area (Å²) in [4.78, 5) is 16.5. The number of rotatable bonds is 6. The van der Waals surface area contributed by atoms with Crippen molar-refractivity contribution in [3.8, 4) is 11.3 Å². The van der Waals surface area contributed by atoms with Gasteiger partial charge in [-0.25, -0.2) is 27.3 Å². The first-order chi connectivity index (χ1) is 17.5. The van der Waals surface area contributed by atoms with Crippen molar-refractivity contribution < 1.29 is 12.8 Å². The predicted molar refractivity (Wildman–Crippen MR) is 145 cm³/mol. The van der Waals surface area contributed by atoms with E-state index in [-0.39, 0.29) is 23.5 Å². The van der Waals surface area contributed by atoms with Gasteiger partial charge in [0.2, 0.25) is 0 Å². The van der Waals surface area contributed by atoms with E-state index in [0.29, 0.717) is 42.9 Å². The molecule has 11 heteroatoms. The van der Waals surface area contributed by atoms with Gasteiger partial charge in [0.1, 0.15) is 16.2 Å². The van der Waals surface area contributed by atoms with Crippen LogP contribution in [0.3, 0.4) is 0 Å². The lowest BCUT2D eigenvalue weighted by Gasteiger charge is -2.40. The van der Waals surface area contributed by atoms with Crippen molar-refractivity contribution in [2.75, 3.05) is 43.1 Å². The minimum absolute atomic E-state index is 0.00621. The van der Waals surface area contributed by atoms with E-state index < -0.39 is 9.84 Å². The Labute approximate surface area is 216 Å². The molecule has 0 bridgehead atoms. The Morgan fingerprint density at radius 2 is 1.95 bits per heavy atom. The van der Waals surface area contributed by atoms with Gasteiger partial charge in [-0.05, 0) is 43.4 Å². The molecule has 1 fully saturated rings. The Hall–Kier alpha value is -3.05. The van der Waals surface area contributed by atoms with E-state index in [4.69, 9.17) is 0 Å². The molecule has 9 nitrogen and oxygen atoms in total. The molecular formula is C26H34FN7O2S. The van der Waals surface area contributed by atoms with E-state index in [2.05, 4.69) is 45.7 Å². The highest BCUT2D eigenvalue weighted by Gasteiger charge is 2.30. The molecule has 37 heavy (non-hydrogen) atoms. The Bertz CT molecular complexity index is 1590. The summed E-state index contributed by atoms with van der Waals surface area (Å²) in [6.45, 7) is 12.6. The van der Waals surface area contributed by atoms with E-state index in [0.717, 1.165) is 33.6 Å². The van der Waals surface area contributed by atoms with E-state index in [1.54, 1.807) is 10.7 Å². The fourth-order valence-electron chi connectivity index (χ4n) is 5.45. The minimum atomic E-state index is -3.03. The molecule has 0 spiro atoms. The van der Waals surface area contributed by atoms with Gasteiger partial charge in [-0.1, -0.05) is 13.8 Å². The predicted octanol–water partition coefficient (Wildman–Crippen LogP) is 3.71. The van der Waals surface area contributed by atoms with Crippen LogP contribution < -0.4 is 4.90 Å². The molecule has 0 aromatic carbocycles. The number of halogens is 1. The van der Waals surface area contributed by atoms with Crippen molar-refractivity contribution in [1.82, 2.24) is 29.5 Å². The maximum Gasteiger partial charge on any atom is 0.175 e. The van der Waals surface area contributed by atoms with Crippen LogP contribution in [-0.4, -0.2) is 82.1 Å². The number of aromatic amines is 1. The van der Waals surface area contributed by atoms with Gasteiger partial charge in [-0.15, -0.1) is 0 Å². The first kappa shape index (κ1) is 25.6. The van der Waals surface area contributed by atoms with E-state index in [9.17, 15) is 8.42 Å². The van der Waals surface area contributed by atoms with E-state index in [1.165, 1.54) is 12.6 Å². The summed E-state index contributed by atoms with van der Waals surface area (Å²) in [6.07, 6.45) is 6.47. The number of aryl methyl sites for hydroxylation is 1. The van der Waals surface area contributed by atoms with Crippen LogP contribution in [0.4, 0.5) is 10.2 Å². The highest BCUT2D eigenvalue weighted by Crippen LogP contribution is 2.40. The number of sulfone groups is 1. The number of hydrogen-bond acceptors (Lipinski definition) is 7. The lowest BCUT2D eigenvalue weighted by atomic mass is 9.94. The molecule has 1 N–H and O–H groups in total. The smallest absolute Gasteiger partial charge is 0.175 e. The standard InChI is InChI=1S/C26H34FN7O2S/c1-15(2)21-22-20(31-24(21)19-13-34-25(29-14-30-34)18(5)17(19)4)11-28-26(23(22)27)33-8-7-32(12-16(33)3)9-10-37(6,35)36/h11,13-16,31H,7-10,12H2,1-6H3/t16-/m1/s1. The van der Waals surface area contributed by atoms with Crippen molar-refractivity contribution in [2.24, 2.45) is 0 Å². The van der Waals surface area contributed by atoms with Gasteiger partial charge in [0, 0.05) is 55.6 Å². The number of fused-ring (bicyclic) bond motifs is 2. The van der Waals surface area contributed by atoms with Crippen molar-refractivity contribution in [1.29, 1.82) is 0 Å². The van der Waals surface area contributed by atoms with Crippen LogP contribution in [0.5, 0.6) is 0 Å². The fraction of sp³-hybridized carbons (Fsp3) is 0.500. The van der Waals surface area contributed by atoms with Gasteiger partial charge in [0.25, 0.3) is 0 Å².